The maximum absolute atomic E-state index is 6.43. The molecule has 2 unspecified atom stereocenters. The lowest BCUT2D eigenvalue weighted by atomic mass is 10.4. The van der Waals surface area contributed by atoms with Crippen LogP contribution in [-0.2, 0) is 17.7 Å². The van der Waals surface area contributed by atoms with E-state index in [-0.39, 0.29) is 11.3 Å². The molecule has 170 valence electrons. The van der Waals surface area contributed by atoms with Gasteiger partial charge < -0.3 is 17.7 Å². The van der Waals surface area contributed by atoms with E-state index in [2.05, 4.69) is 66.6 Å². The summed E-state index contributed by atoms with van der Waals surface area (Å²) in [7, 11) is -2.50. The van der Waals surface area contributed by atoms with Crippen molar-refractivity contribution in [3.63, 3.8) is 0 Å². The molecule has 0 rings (SSSR count). The fourth-order valence-electron chi connectivity index (χ4n) is 3.96. The molecule has 0 amide bonds. The molecule has 0 bridgehead atoms. The minimum atomic E-state index is -2.37. The van der Waals surface area contributed by atoms with Crippen molar-refractivity contribution >= 4 is 17.1 Å². The van der Waals surface area contributed by atoms with Gasteiger partial charge in [0.05, 0.1) is 11.3 Å². The molecule has 0 aliphatic heterocycles. The van der Waals surface area contributed by atoms with Crippen molar-refractivity contribution in [3.05, 3.63) is 0 Å². The SMILES string of the molecule is CCCO[Si](C)(OCCC)C(CC)N(C)C(CC)[Si](C)(OCCC)OCCC. The van der Waals surface area contributed by atoms with Gasteiger partial charge in [0.2, 0.25) is 0 Å². The fraction of sp³-hybridized carbons (Fsp3) is 1.00. The average molecular weight is 436 g/mol. The minimum absolute atomic E-state index is 0.276. The van der Waals surface area contributed by atoms with Gasteiger partial charge in [-0.2, -0.15) is 0 Å². The third-order valence-electron chi connectivity index (χ3n) is 5.34. The molecule has 0 aromatic heterocycles. The summed E-state index contributed by atoms with van der Waals surface area (Å²) in [5.41, 5.74) is 0.552. The van der Waals surface area contributed by atoms with Crippen LogP contribution in [0.1, 0.15) is 80.1 Å². The lowest BCUT2D eigenvalue weighted by Crippen LogP contribution is -2.66. The quantitative estimate of drug-likeness (QED) is 0.269. The Morgan fingerprint density at radius 2 is 0.821 bits per heavy atom. The van der Waals surface area contributed by atoms with E-state index in [1.165, 1.54) is 0 Å². The van der Waals surface area contributed by atoms with Crippen LogP contribution in [0.3, 0.4) is 0 Å². The predicted molar refractivity (Wildman–Crippen MR) is 124 cm³/mol. The van der Waals surface area contributed by atoms with Crippen LogP contribution in [-0.4, -0.2) is 66.8 Å². The van der Waals surface area contributed by atoms with Gasteiger partial charge >= 0.3 is 17.1 Å². The molecule has 0 saturated heterocycles. The Labute approximate surface area is 178 Å². The molecule has 5 nitrogen and oxygen atoms in total. The molecular formula is C21H49NO4Si2. The van der Waals surface area contributed by atoms with E-state index in [1.807, 2.05) is 0 Å². The molecule has 0 aromatic carbocycles. The zero-order chi connectivity index (χ0) is 21.6. The second-order valence-electron chi connectivity index (χ2n) is 7.94. The molecule has 0 spiro atoms. The van der Waals surface area contributed by atoms with Crippen molar-refractivity contribution in [2.24, 2.45) is 0 Å². The number of rotatable bonds is 18. The topological polar surface area (TPSA) is 40.2 Å². The van der Waals surface area contributed by atoms with Crippen molar-refractivity contribution < 1.29 is 17.7 Å². The summed E-state index contributed by atoms with van der Waals surface area (Å²) in [6.45, 7) is 20.7. The van der Waals surface area contributed by atoms with E-state index >= 15 is 0 Å². The molecule has 0 aliphatic carbocycles. The van der Waals surface area contributed by atoms with Crippen molar-refractivity contribution in [3.8, 4) is 0 Å². The normalized spacial score (nSPS) is 15.2. The highest BCUT2D eigenvalue weighted by Crippen LogP contribution is 2.28. The van der Waals surface area contributed by atoms with E-state index in [4.69, 9.17) is 17.7 Å². The van der Waals surface area contributed by atoms with Crippen molar-refractivity contribution in [2.45, 2.75) is 104 Å². The Hall–Kier alpha value is 0.234. The van der Waals surface area contributed by atoms with Gasteiger partial charge in [-0.05, 0) is 58.7 Å². The lowest BCUT2D eigenvalue weighted by Gasteiger charge is -2.46. The van der Waals surface area contributed by atoms with E-state index in [1.54, 1.807) is 0 Å². The number of nitrogens with zero attached hydrogens (tertiary/aromatic N) is 1. The van der Waals surface area contributed by atoms with Gasteiger partial charge in [-0.15, -0.1) is 0 Å². The zero-order valence-corrected chi connectivity index (χ0v) is 22.3. The van der Waals surface area contributed by atoms with Crippen LogP contribution in [0.15, 0.2) is 0 Å². The Morgan fingerprint density at radius 1 is 0.571 bits per heavy atom. The van der Waals surface area contributed by atoms with Crippen LogP contribution in [0.25, 0.3) is 0 Å². The first-order valence-electron chi connectivity index (χ1n) is 11.6. The number of hydrogen-bond donors (Lipinski definition) is 0. The van der Waals surface area contributed by atoms with Gasteiger partial charge in [-0.1, -0.05) is 41.5 Å². The van der Waals surface area contributed by atoms with Crippen molar-refractivity contribution in [1.82, 2.24) is 4.90 Å². The Morgan fingerprint density at radius 3 is 1.00 bits per heavy atom. The van der Waals surface area contributed by atoms with Gasteiger partial charge in [-0.3, -0.25) is 4.90 Å². The van der Waals surface area contributed by atoms with Crippen molar-refractivity contribution in [2.75, 3.05) is 33.5 Å². The highest BCUT2D eigenvalue weighted by Gasteiger charge is 2.50. The van der Waals surface area contributed by atoms with Crippen molar-refractivity contribution in [1.29, 1.82) is 0 Å². The van der Waals surface area contributed by atoms with E-state index in [9.17, 15) is 0 Å². The highest BCUT2D eigenvalue weighted by molar-refractivity contribution is 6.69. The van der Waals surface area contributed by atoms with Gasteiger partial charge in [0.25, 0.3) is 0 Å². The summed E-state index contributed by atoms with van der Waals surface area (Å²) in [5.74, 6) is 0. The third-order valence-corrected chi connectivity index (χ3v) is 12.5. The maximum Gasteiger partial charge on any atom is 0.352 e. The Kier molecular flexibility index (Phi) is 15.2. The molecule has 0 heterocycles. The van der Waals surface area contributed by atoms with Crippen LogP contribution in [0.5, 0.6) is 0 Å². The van der Waals surface area contributed by atoms with Gasteiger partial charge in [0.15, 0.2) is 0 Å². The second-order valence-corrected chi connectivity index (χ2v) is 14.5. The molecule has 0 aromatic rings. The standard InChI is InChI=1S/C21H49NO4Si2/c1-10-16-23-27(8,24-17-11-2)20(14-5)22(7)21(15-6)28(9,25-18-12-3)26-19-13-4/h20-21H,10-19H2,1-9H3. The summed E-state index contributed by atoms with van der Waals surface area (Å²) in [6.07, 6.45) is 6.08. The molecule has 0 radical (unpaired) electrons. The predicted octanol–water partition coefficient (Wildman–Crippen LogP) is 5.40. The zero-order valence-electron chi connectivity index (χ0n) is 20.3. The summed E-state index contributed by atoms with van der Waals surface area (Å²) >= 11 is 0. The van der Waals surface area contributed by atoms with Crippen LogP contribution in [0.4, 0.5) is 0 Å². The van der Waals surface area contributed by atoms with Gasteiger partial charge in [0.1, 0.15) is 0 Å². The first-order chi connectivity index (χ1) is 13.3. The molecular weight excluding hydrogens is 386 g/mol. The Balaban J connectivity index is 5.72. The summed E-state index contributed by atoms with van der Waals surface area (Å²) in [4.78, 5) is 2.50. The minimum Gasteiger partial charge on any atom is -0.393 e. The summed E-state index contributed by atoms with van der Waals surface area (Å²) in [6, 6.07) is 0. The smallest absolute Gasteiger partial charge is 0.352 e. The molecule has 7 heteroatoms. The number of hydrogen-bond acceptors (Lipinski definition) is 5. The fourth-order valence-corrected chi connectivity index (χ4v) is 10.8. The van der Waals surface area contributed by atoms with E-state index in [0.29, 0.717) is 0 Å². The third kappa shape index (κ3) is 8.54. The highest BCUT2D eigenvalue weighted by atomic mass is 28.4. The largest absolute Gasteiger partial charge is 0.393 e. The van der Waals surface area contributed by atoms with Gasteiger partial charge in [-0.25, -0.2) is 0 Å². The summed E-state index contributed by atoms with van der Waals surface area (Å²) < 4.78 is 25.7. The first kappa shape index (κ1) is 28.2. The first-order valence-corrected chi connectivity index (χ1v) is 16.4. The molecule has 0 saturated carbocycles. The molecule has 28 heavy (non-hydrogen) atoms. The molecule has 0 N–H and O–H groups in total. The second kappa shape index (κ2) is 15.1. The molecule has 0 aliphatic rings. The van der Waals surface area contributed by atoms with Crippen LogP contribution in [0.2, 0.25) is 13.1 Å². The average Bonchev–Trinajstić information content (AvgIpc) is 2.68. The van der Waals surface area contributed by atoms with Crippen LogP contribution < -0.4 is 0 Å². The Bertz CT molecular complexity index is 337. The maximum atomic E-state index is 6.43. The van der Waals surface area contributed by atoms with E-state index in [0.717, 1.165) is 65.0 Å². The van der Waals surface area contributed by atoms with Crippen LogP contribution in [0, 0.1) is 0 Å². The molecule has 2 atom stereocenters. The lowest BCUT2D eigenvalue weighted by molar-refractivity contribution is 0.0957. The van der Waals surface area contributed by atoms with E-state index < -0.39 is 17.1 Å². The molecule has 0 fully saturated rings. The summed E-state index contributed by atoms with van der Waals surface area (Å²) in [5, 5.41) is 0. The van der Waals surface area contributed by atoms with Crippen LogP contribution >= 0.6 is 0 Å². The monoisotopic (exact) mass is 435 g/mol. The van der Waals surface area contributed by atoms with Gasteiger partial charge in [0, 0.05) is 26.4 Å².